The molecule has 2 aromatic rings. The first-order valence-electron chi connectivity index (χ1n) is 4.73. The fourth-order valence-corrected chi connectivity index (χ4v) is 1.66. The third kappa shape index (κ3) is 2.71. The minimum atomic E-state index is 0.323. The smallest absolute Gasteiger partial charge is 0.151 e. The van der Waals surface area contributed by atoms with Crippen LogP contribution in [0.2, 0.25) is 0 Å². The second-order valence-electron chi connectivity index (χ2n) is 3.26. The van der Waals surface area contributed by atoms with Crippen molar-refractivity contribution in [1.82, 2.24) is 9.97 Å². The van der Waals surface area contributed by atoms with Crippen LogP contribution in [0.1, 0.15) is 5.56 Å². The monoisotopic (exact) mass is 289 g/mol. The Bertz CT molecular complexity index is 591. The van der Waals surface area contributed by atoms with Gasteiger partial charge in [0.05, 0.1) is 23.6 Å². The van der Waals surface area contributed by atoms with Gasteiger partial charge < -0.3 is 11.1 Å². The number of aromatic nitrogens is 2. The highest BCUT2D eigenvalue weighted by Gasteiger charge is 2.04. The van der Waals surface area contributed by atoms with Crippen LogP contribution in [-0.2, 0) is 0 Å². The molecule has 0 spiro atoms. The molecule has 0 aliphatic carbocycles. The van der Waals surface area contributed by atoms with Crippen molar-refractivity contribution in [2.45, 2.75) is 0 Å². The van der Waals surface area contributed by atoms with Gasteiger partial charge in [0.2, 0.25) is 0 Å². The maximum atomic E-state index is 8.98. The van der Waals surface area contributed by atoms with Crippen molar-refractivity contribution in [3.63, 3.8) is 0 Å². The Labute approximate surface area is 106 Å². The SMILES string of the molecule is N#Cc1ccc(Br)cc1Nc1cncc(N)n1. The van der Waals surface area contributed by atoms with E-state index < -0.39 is 0 Å². The van der Waals surface area contributed by atoms with E-state index in [0.717, 1.165) is 4.47 Å². The lowest BCUT2D eigenvalue weighted by Crippen LogP contribution is -1.99. The summed E-state index contributed by atoms with van der Waals surface area (Å²) in [5.41, 5.74) is 6.70. The van der Waals surface area contributed by atoms with E-state index in [4.69, 9.17) is 11.0 Å². The quantitative estimate of drug-likeness (QED) is 0.887. The molecule has 17 heavy (non-hydrogen) atoms. The number of nitrogens with one attached hydrogen (secondary N) is 1. The predicted octanol–water partition coefficient (Wildman–Crippen LogP) is 2.44. The number of nitriles is 1. The van der Waals surface area contributed by atoms with Gasteiger partial charge in [-0.3, -0.25) is 4.98 Å². The Morgan fingerprint density at radius 3 is 2.88 bits per heavy atom. The lowest BCUT2D eigenvalue weighted by atomic mass is 10.2. The topological polar surface area (TPSA) is 87.6 Å². The van der Waals surface area contributed by atoms with Crippen molar-refractivity contribution in [2.75, 3.05) is 11.1 Å². The fraction of sp³-hybridized carbons (Fsp3) is 0. The maximum absolute atomic E-state index is 8.98. The molecule has 0 fully saturated rings. The molecule has 0 saturated carbocycles. The molecule has 1 aromatic heterocycles. The average molecular weight is 290 g/mol. The second-order valence-corrected chi connectivity index (χ2v) is 4.17. The molecule has 0 aliphatic rings. The number of benzene rings is 1. The van der Waals surface area contributed by atoms with Crippen molar-refractivity contribution in [3.05, 3.63) is 40.6 Å². The van der Waals surface area contributed by atoms with Crippen LogP contribution >= 0.6 is 15.9 Å². The van der Waals surface area contributed by atoms with Crippen molar-refractivity contribution < 1.29 is 0 Å². The van der Waals surface area contributed by atoms with Crippen molar-refractivity contribution in [1.29, 1.82) is 5.26 Å². The van der Waals surface area contributed by atoms with Crippen LogP contribution in [0, 0.1) is 11.3 Å². The van der Waals surface area contributed by atoms with E-state index in [0.29, 0.717) is 22.9 Å². The Morgan fingerprint density at radius 1 is 1.35 bits per heavy atom. The van der Waals surface area contributed by atoms with Crippen LogP contribution in [0.5, 0.6) is 0 Å². The molecule has 0 unspecified atom stereocenters. The number of nitrogens with two attached hydrogens (primary N) is 1. The summed E-state index contributed by atoms with van der Waals surface area (Å²) in [4.78, 5) is 7.97. The van der Waals surface area contributed by atoms with Crippen LogP contribution in [0.4, 0.5) is 17.3 Å². The van der Waals surface area contributed by atoms with E-state index in [1.807, 2.05) is 0 Å². The number of nitrogens with zero attached hydrogens (tertiary/aromatic N) is 3. The third-order valence-electron chi connectivity index (χ3n) is 2.02. The average Bonchev–Trinajstić information content (AvgIpc) is 2.29. The number of rotatable bonds is 2. The first-order chi connectivity index (χ1) is 8.19. The maximum Gasteiger partial charge on any atom is 0.151 e. The molecule has 0 saturated heterocycles. The number of hydrogen-bond donors (Lipinski definition) is 2. The van der Waals surface area contributed by atoms with Crippen LogP contribution < -0.4 is 11.1 Å². The van der Waals surface area contributed by atoms with E-state index in [9.17, 15) is 0 Å². The van der Waals surface area contributed by atoms with Crippen LogP contribution in [0.25, 0.3) is 0 Å². The number of nitrogen functional groups attached to an aromatic ring is 1. The molecular formula is C11H8BrN5. The van der Waals surface area contributed by atoms with Crippen molar-refractivity contribution in [3.8, 4) is 6.07 Å². The summed E-state index contributed by atoms with van der Waals surface area (Å²) in [5, 5.41) is 12.0. The highest BCUT2D eigenvalue weighted by Crippen LogP contribution is 2.23. The summed E-state index contributed by atoms with van der Waals surface area (Å²) in [6, 6.07) is 7.40. The minimum absolute atomic E-state index is 0.323. The van der Waals surface area contributed by atoms with Crippen LogP contribution in [-0.4, -0.2) is 9.97 Å². The molecule has 5 nitrogen and oxygen atoms in total. The summed E-state index contributed by atoms with van der Waals surface area (Å²) < 4.78 is 0.871. The molecule has 2 rings (SSSR count). The van der Waals surface area contributed by atoms with Gasteiger partial charge in [-0.2, -0.15) is 5.26 Å². The molecule has 0 amide bonds. The van der Waals surface area contributed by atoms with Gasteiger partial charge in [-0.1, -0.05) is 15.9 Å². The summed E-state index contributed by atoms with van der Waals surface area (Å²) >= 11 is 3.34. The van der Waals surface area contributed by atoms with Crippen molar-refractivity contribution >= 4 is 33.3 Å². The Hall–Kier alpha value is -2.13. The lowest BCUT2D eigenvalue weighted by Gasteiger charge is -2.07. The van der Waals surface area contributed by atoms with E-state index in [2.05, 4.69) is 37.3 Å². The summed E-state index contributed by atoms with van der Waals surface area (Å²) in [6.07, 6.45) is 3.00. The Balaban J connectivity index is 2.36. The van der Waals surface area contributed by atoms with E-state index >= 15 is 0 Å². The molecule has 0 aliphatic heterocycles. The number of anilines is 3. The third-order valence-corrected chi connectivity index (χ3v) is 2.51. The largest absolute Gasteiger partial charge is 0.382 e. The standard InChI is InChI=1S/C11H8BrN5/c12-8-2-1-7(4-13)9(3-8)16-11-6-15-5-10(14)17-11/h1-3,5-6H,(H3,14,16,17). The van der Waals surface area contributed by atoms with Gasteiger partial charge >= 0.3 is 0 Å². The normalized spacial score (nSPS) is 9.65. The van der Waals surface area contributed by atoms with E-state index in [1.165, 1.54) is 6.20 Å². The van der Waals surface area contributed by atoms with E-state index in [-0.39, 0.29) is 0 Å². The highest BCUT2D eigenvalue weighted by molar-refractivity contribution is 9.10. The molecule has 84 valence electrons. The molecule has 0 atom stereocenters. The summed E-state index contributed by atoms with van der Waals surface area (Å²) in [5.74, 6) is 0.822. The highest BCUT2D eigenvalue weighted by atomic mass is 79.9. The molecule has 0 radical (unpaired) electrons. The van der Waals surface area contributed by atoms with Crippen molar-refractivity contribution in [2.24, 2.45) is 0 Å². The van der Waals surface area contributed by atoms with Gasteiger partial charge in [0.25, 0.3) is 0 Å². The first-order valence-corrected chi connectivity index (χ1v) is 5.52. The molecular weight excluding hydrogens is 282 g/mol. The summed E-state index contributed by atoms with van der Waals surface area (Å²) in [7, 11) is 0. The first kappa shape index (κ1) is 11.4. The van der Waals surface area contributed by atoms with E-state index in [1.54, 1.807) is 24.4 Å². The number of hydrogen-bond acceptors (Lipinski definition) is 5. The van der Waals surface area contributed by atoms with Gasteiger partial charge in [0, 0.05) is 4.47 Å². The minimum Gasteiger partial charge on any atom is -0.382 e. The molecule has 1 aromatic carbocycles. The molecule has 3 N–H and O–H groups in total. The number of halogens is 1. The lowest BCUT2D eigenvalue weighted by molar-refractivity contribution is 1.21. The summed E-state index contributed by atoms with van der Waals surface area (Å²) in [6.45, 7) is 0. The van der Waals surface area contributed by atoms with Crippen LogP contribution in [0.15, 0.2) is 35.1 Å². The Morgan fingerprint density at radius 2 is 2.18 bits per heavy atom. The zero-order valence-corrected chi connectivity index (χ0v) is 10.3. The van der Waals surface area contributed by atoms with Gasteiger partial charge in [0.1, 0.15) is 11.9 Å². The molecule has 6 heteroatoms. The van der Waals surface area contributed by atoms with Gasteiger partial charge in [-0.05, 0) is 18.2 Å². The zero-order chi connectivity index (χ0) is 12.3. The van der Waals surface area contributed by atoms with Gasteiger partial charge in [-0.25, -0.2) is 4.98 Å². The van der Waals surface area contributed by atoms with Gasteiger partial charge in [0.15, 0.2) is 5.82 Å². The zero-order valence-electron chi connectivity index (χ0n) is 8.68. The van der Waals surface area contributed by atoms with Crippen LogP contribution in [0.3, 0.4) is 0 Å². The Kier molecular flexibility index (Phi) is 3.21. The molecule has 0 bridgehead atoms. The van der Waals surface area contributed by atoms with Gasteiger partial charge in [-0.15, -0.1) is 0 Å². The second kappa shape index (κ2) is 4.80. The predicted molar refractivity (Wildman–Crippen MR) is 68.6 cm³/mol. The fourth-order valence-electron chi connectivity index (χ4n) is 1.30. The molecule has 1 heterocycles.